The summed E-state index contributed by atoms with van der Waals surface area (Å²) in [7, 11) is 0. The zero-order valence-corrected chi connectivity index (χ0v) is 17.6. The van der Waals surface area contributed by atoms with Crippen LogP contribution in [0.3, 0.4) is 0 Å². The second-order valence-corrected chi connectivity index (χ2v) is 9.06. The van der Waals surface area contributed by atoms with Gasteiger partial charge in [-0.05, 0) is 99.2 Å². The Morgan fingerprint density at radius 3 is 2.79 bits per heavy atom. The summed E-state index contributed by atoms with van der Waals surface area (Å²) < 4.78 is 6.37. The molecule has 2 aromatic carbocycles. The minimum Gasteiger partial charge on any atom is -0.491 e. The minimum absolute atomic E-state index is 0.250. The predicted molar refractivity (Wildman–Crippen MR) is 120 cm³/mol. The van der Waals surface area contributed by atoms with Gasteiger partial charge in [0.05, 0.1) is 6.10 Å². The molecule has 3 atom stereocenters. The zero-order chi connectivity index (χ0) is 19.6. The average molecular weight is 388 g/mol. The van der Waals surface area contributed by atoms with Gasteiger partial charge in [0.15, 0.2) is 0 Å². The molecule has 0 bridgehead atoms. The lowest BCUT2D eigenvalue weighted by Crippen LogP contribution is -2.40. The second-order valence-electron chi connectivity index (χ2n) is 9.06. The van der Waals surface area contributed by atoms with Crippen LogP contribution in [0, 0.1) is 0 Å². The summed E-state index contributed by atoms with van der Waals surface area (Å²) in [6.45, 7) is 3.48. The molecule has 0 amide bonds. The van der Waals surface area contributed by atoms with Crippen LogP contribution < -0.4 is 4.74 Å². The van der Waals surface area contributed by atoms with Crippen molar-refractivity contribution in [3.05, 3.63) is 71.3 Å². The molecule has 2 nitrogen and oxygen atoms in total. The molecule has 5 rings (SSSR count). The Labute approximate surface area is 175 Å². The first-order valence-corrected chi connectivity index (χ1v) is 11.6. The van der Waals surface area contributed by atoms with Gasteiger partial charge in [0.25, 0.3) is 0 Å². The summed E-state index contributed by atoms with van der Waals surface area (Å²) in [4.78, 5) is 2.78. The molecule has 0 saturated carbocycles. The summed E-state index contributed by atoms with van der Waals surface area (Å²) >= 11 is 0. The van der Waals surface area contributed by atoms with Crippen LogP contribution in [0.5, 0.6) is 5.75 Å². The lowest BCUT2D eigenvalue weighted by Gasteiger charge is -2.43. The highest BCUT2D eigenvalue weighted by Gasteiger charge is 2.40. The molecule has 1 saturated heterocycles. The molecule has 0 N–H and O–H groups in total. The summed E-state index contributed by atoms with van der Waals surface area (Å²) in [6, 6.07) is 19.0. The number of allylic oxidation sites excluding steroid dienone is 1. The Hall–Kier alpha value is -2.06. The highest BCUT2D eigenvalue weighted by atomic mass is 16.5. The number of nitrogens with zero attached hydrogens (tertiary/aromatic N) is 1. The van der Waals surface area contributed by atoms with Gasteiger partial charge in [0.2, 0.25) is 0 Å². The van der Waals surface area contributed by atoms with Gasteiger partial charge in [-0.3, -0.25) is 4.90 Å². The molecule has 0 radical (unpaired) electrons. The van der Waals surface area contributed by atoms with E-state index in [-0.39, 0.29) is 6.10 Å². The maximum Gasteiger partial charge on any atom is 0.120 e. The van der Waals surface area contributed by atoms with E-state index in [4.69, 9.17) is 4.74 Å². The molecule has 1 fully saturated rings. The Kier molecular flexibility index (Phi) is 5.46. The van der Waals surface area contributed by atoms with E-state index in [1.165, 1.54) is 61.8 Å². The molecule has 3 unspecified atom stereocenters. The molecule has 0 spiro atoms. The topological polar surface area (TPSA) is 12.5 Å². The fourth-order valence-corrected chi connectivity index (χ4v) is 5.67. The molecule has 2 heteroatoms. The van der Waals surface area contributed by atoms with Crippen LogP contribution in [0.15, 0.2) is 54.6 Å². The summed E-state index contributed by atoms with van der Waals surface area (Å²) in [5.74, 6) is 1.05. The van der Waals surface area contributed by atoms with E-state index in [9.17, 15) is 0 Å². The van der Waals surface area contributed by atoms with E-state index >= 15 is 0 Å². The van der Waals surface area contributed by atoms with Crippen molar-refractivity contribution in [2.75, 3.05) is 6.54 Å². The Morgan fingerprint density at radius 1 is 1.03 bits per heavy atom. The fraction of sp³-hybridized carbons (Fsp3) is 0.481. The van der Waals surface area contributed by atoms with Gasteiger partial charge in [0, 0.05) is 12.1 Å². The molecule has 1 aliphatic carbocycles. The highest BCUT2D eigenvalue weighted by molar-refractivity contribution is 5.76. The van der Waals surface area contributed by atoms with E-state index in [1.807, 2.05) is 0 Å². The first kappa shape index (κ1) is 18.9. The second kappa shape index (κ2) is 8.36. The monoisotopic (exact) mass is 387 g/mol. The van der Waals surface area contributed by atoms with Gasteiger partial charge in [0.1, 0.15) is 5.75 Å². The predicted octanol–water partition coefficient (Wildman–Crippen LogP) is 6.56. The fourth-order valence-electron chi connectivity index (χ4n) is 5.67. The van der Waals surface area contributed by atoms with Crippen molar-refractivity contribution in [1.82, 2.24) is 4.90 Å². The summed E-state index contributed by atoms with van der Waals surface area (Å²) in [5, 5.41) is 0. The number of benzene rings is 2. The molecule has 2 aliphatic heterocycles. The lowest BCUT2D eigenvalue weighted by molar-refractivity contribution is 0.193. The van der Waals surface area contributed by atoms with Crippen molar-refractivity contribution in [3.8, 4) is 5.75 Å². The third-order valence-corrected chi connectivity index (χ3v) is 7.05. The third kappa shape index (κ3) is 3.88. The number of fused-ring (bicyclic) bond motifs is 6. The van der Waals surface area contributed by atoms with Crippen LogP contribution in [0.2, 0.25) is 0 Å². The van der Waals surface area contributed by atoms with Crippen LogP contribution in [0.4, 0.5) is 0 Å². The van der Waals surface area contributed by atoms with Crippen LogP contribution in [-0.2, 0) is 6.42 Å². The Balaban J connectivity index is 1.28. The zero-order valence-electron chi connectivity index (χ0n) is 17.6. The molecule has 2 aromatic rings. The molecule has 0 aromatic heterocycles. The summed E-state index contributed by atoms with van der Waals surface area (Å²) in [5.41, 5.74) is 6.01. The van der Waals surface area contributed by atoms with Gasteiger partial charge < -0.3 is 4.74 Å². The SMILES string of the molecule is CC(CCCc1ccccc1)Oc1ccc2c(c1)C1=CCCCC1N1CCCC21. The lowest BCUT2D eigenvalue weighted by atomic mass is 9.80. The quantitative estimate of drug-likeness (QED) is 0.556. The van der Waals surface area contributed by atoms with Crippen molar-refractivity contribution in [1.29, 1.82) is 0 Å². The van der Waals surface area contributed by atoms with Crippen LogP contribution in [0.25, 0.3) is 5.57 Å². The number of hydrogen-bond acceptors (Lipinski definition) is 2. The smallest absolute Gasteiger partial charge is 0.120 e. The van der Waals surface area contributed by atoms with Crippen LogP contribution >= 0.6 is 0 Å². The largest absolute Gasteiger partial charge is 0.491 e. The van der Waals surface area contributed by atoms with Crippen molar-refractivity contribution in [2.24, 2.45) is 0 Å². The number of rotatable bonds is 6. The van der Waals surface area contributed by atoms with E-state index in [0.717, 1.165) is 18.6 Å². The normalized spacial score (nSPS) is 24.2. The van der Waals surface area contributed by atoms with Gasteiger partial charge in [-0.1, -0.05) is 42.5 Å². The molecule has 2 heterocycles. The Morgan fingerprint density at radius 2 is 1.90 bits per heavy atom. The van der Waals surface area contributed by atoms with Gasteiger partial charge in [-0.15, -0.1) is 0 Å². The standard InChI is InChI=1S/C27H33NO/c1-20(9-7-12-21-10-3-2-4-11-21)29-22-16-17-24-25(19-22)23-13-5-6-14-26(23)28-18-8-15-27(24)28/h2-4,10-11,13,16-17,19-20,26-27H,5-9,12,14-15,18H2,1H3. The molecule has 3 aliphatic rings. The Bertz CT molecular complexity index is 871. The third-order valence-electron chi connectivity index (χ3n) is 7.05. The van der Waals surface area contributed by atoms with E-state index in [2.05, 4.69) is 66.4 Å². The van der Waals surface area contributed by atoms with Crippen molar-refractivity contribution in [3.63, 3.8) is 0 Å². The van der Waals surface area contributed by atoms with E-state index in [1.54, 1.807) is 5.57 Å². The molecule has 29 heavy (non-hydrogen) atoms. The van der Waals surface area contributed by atoms with Crippen LogP contribution in [0.1, 0.15) is 74.6 Å². The summed E-state index contributed by atoms with van der Waals surface area (Å²) in [6.07, 6.45) is 12.7. The number of aryl methyl sites for hydroxylation is 1. The van der Waals surface area contributed by atoms with Crippen molar-refractivity contribution >= 4 is 5.57 Å². The van der Waals surface area contributed by atoms with E-state index < -0.39 is 0 Å². The first-order chi connectivity index (χ1) is 14.3. The number of hydrogen-bond donors (Lipinski definition) is 0. The van der Waals surface area contributed by atoms with Gasteiger partial charge in [-0.25, -0.2) is 0 Å². The van der Waals surface area contributed by atoms with Crippen molar-refractivity contribution in [2.45, 2.75) is 76.5 Å². The molecular weight excluding hydrogens is 354 g/mol. The first-order valence-electron chi connectivity index (χ1n) is 11.6. The molecule has 152 valence electrons. The van der Waals surface area contributed by atoms with Gasteiger partial charge >= 0.3 is 0 Å². The maximum absolute atomic E-state index is 6.37. The van der Waals surface area contributed by atoms with Gasteiger partial charge in [-0.2, -0.15) is 0 Å². The number of ether oxygens (including phenoxy) is 1. The minimum atomic E-state index is 0.250. The maximum atomic E-state index is 6.37. The molecular formula is C27H33NO. The van der Waals surface area contributed by atoms with E-state index in [0.29, 0.717) is 12.1 Å². The highest BCUT2D eigenvalue weighted by Crippen LogP contribution is 2.48. The van der Waals surface area contributed by atoms with Crippen molar-refractivity contribution < 1.29 is 4.74 Å². The average Bonchev–Trinajstić information content (AvgIpc) is 3.25. The van der Waals surface area contributed by atoms with Crippen LogP contribution in [-0.4, -0.2) is 23.6 Å².